The van der Waals surface area contributed by atoms with Crippen molar-refractivity contribution in [2.75, 3.05) is 13.6 Å². The largest absolute Gasteiger partial charge is 0.341 e. The van der Waals surface area contributed by atoms with Crippen molar-refractivity contribution >= 4 is 5.91 Å². The van der Waals surface area contributed by atoms with Crippen LogP contribution >= 0.6 is 0 Å². The molecule has 0 unspecified atom stereocenters. The number of halogens is 1. The van der Waals surface area contributed by atoms with Crippen LogP contribution in [-0.2, 0) is 0 Å². The third kappa shape index (κ3) is 2.89. The van der Waals surface area contributed by atoms with Crippen molar-refractivity contribution in [3.63, 3.8) is 0 Å². The minimum Gasteiger partial charge on any atom is -0.341 e. The third-order valence-electron chi connectivity index (χ3n) is 3.71. The van der Waals surface area contributed by atoms with E-state index in [9.17, 15) is 9.18 Å². The summed E-state index contributed by atoms with van der Waals surface area (Å²) >= 11 is 0. The van der Waals surface area contributed by atoms with Crippen LogP contribution in [0.2, 0.25) is 0 Å². The third-order valence-corrected chi connectivity index (χ3v) is 3.71. The van der Waals surface area contributed by atoms with E-state index in [1.807, 2.05) is 6.92 Å². The quantitative estimate of drug-likeness (QED) is 0.804. The summed E-state index contributed by atoms with van der Waals surface area (Å²) in [6.07, 6.45) is 4.89. The molecule has 1 fully saturated rings. The van der Waals surface area contributed by atoms with Crippen LogP contribution in [0.3, 0.4) is 0 Å². The number of hydrogen-bond donors (Lipinski definition) is 0. The average molecular weight is 249 g/mol. The van der Waals surface area contributed by atoms with Crippen molar-refractivity contribution in [1.82, 2.24) is 4.90 Å². The second-order valence-corrected chi connectivity index (χ2v) is 5.32. The Morgan fingerprint density at radius 3 is 2.67 bits per heavy atom. The zero-order valence-electron chi connectivity index (χ0n) is 11.1. The predicted molar refractivity (Wildman–Crippen MR) is 70.1 cm³/mol. The van der Waals surface area contributed by atoms with E-state index in [4.69, 9.17) is 0 Å². The fourth-order valence-corrected chi connectivity index (χ4v) is 2.66. The van der Waals surface area contributed by atoms with Gasteiger partial charge >= 0.3 is 0 Å². The maximum Gasteiger partial charge on any atom is 0.256 e. The molecule has 0 spiro atoms. The first-order chi connectivity index (χ1) is 8.58. The standard InChI is InChI=1S/C15H20FNO/c1-11-7-8-13(14(16)9-11)15(18)17(2)10-12-5-3-4-6-12/h7-9,12H,3-6,10H2,1-2H3. The number of rotatable bonds is 3. The molecule has 0 N–H and O–H groups in total. The summed E-state index contributed by atoms with van der Waals surface area (Å²) in [5.41, 5.74) is 1.02. The first-order valence-electron chi connectivity index (χ1n) is 6.59. The SMILES string of the molecule is Cc1ccc(C(=O)N(C)CC2CCCC2)c(F)c1. The van der Waals surface area contributed by atoms with Gasteiger partial charge in [0.1, 0.15) is 5.82 Å². The number of carbonyl (C=O) groups is 1. The molecule has 1 saturated carbocycles. The van der Waals surface area contributed by atoms with Crippen molar-refractivity contribution in [2.24, 2.45) is 5.92 Å². The van der Waals surface area contributed by atoms with Crippen LogP contribution in [0.4, 0.5) is 4.39 Å². The fourth-order valence-electron chi connectivity index (χ4n) is 2.66. The van der Waals surface area contributed by atoms with Crippen LogP contribution < -0.4 is 0 Å². The lowest BCUT2D eigenvalue weighted by Gasteiger charge is -2.21. The summed E-state index contributed by atoms with van der Waals surface area (Å²) < 4.78 is 13.7. The second kappa shape index (κ2) is 5.51. The van der Waals surface area contributed by atoms with E-state index in [0.717, 1.165) is 12.1 Å². The highest BCUT2D eigenvalue weighted by Gasteiger charge is 2.21. The van der Waals surface area contributed by atoms with E-state index in [1.54, 1.807) is 24.1 Å². The van der Waals surface area contributed by atoms with Crippen molar-refractivity contribution in [1.29, 1.82) is 0 Å². The van der Waals surface area contributed by atoms with Crippen molar-refractivity contribution in [3.05, 3.63) is 35.1 Å². The van der Waals surface area contributed by atoms with Crippen molar-refractivity contribution in [3.8, 4) is 0 Å². The van der Waals surface area contributed by atoms with Crippen LogP contribution in [0.5, 0.6) is 0 Å². The maximum atomic E-state index is 13.7. The highest BCUT2D eigenvalue weighted by molar-refractivity contribution is 5.94. The monoisotopic (exact) mass is 249 g/mol. The van der Waals surface area contributed by atoms with E-state index in [2.05, 4.69) is 0 Å². The highest BCUT2D eigenvalue weighted by atomic mass is 19.1. The predicted octanol–water partition coefficient (Wildman–Crippen LogP) is 3.40. The number of nitrogens with zero attached hydrogens (tertiary/aromatic N) is 1. The molecule has 1 aliphatic rings. The minimum absolute atomic E-state index is 0.182. The maximum absolute atomic E-state index is 13.7. The highest BCUT2D eigenvalue weighted by Crippen LogP contribution is 2.25. The van der Waals surface area contributed by atoms with E-state index in [-0.39, 0.29) is 11.5 Å². The molecule has 0 atom stereocenters. The van der Waals surface area contributed by atoms with Gasteiger partial charge in [0.15, 0.2) is 0 Å². The molecule has 1 aliphatic carbocycles. The van der Waals surface area contributed by atoms with Crippen LogP contribution in [0.15, 0.2) is 18.2 Å². The molecule has 2 rings (SSSR count). The summed E-state index contributed by atoms with van der Waals surface area (Å²) in [6.45, 7) is 2.56. The van der Waals surface area contributed by atoms with E-state index >= 15 is 0 Å². The smallest absolute Gasteiger partial charge is 0.256 e. The zero-order chi connectivity index (χ0) is 13.1. The molecule has 0 saturated heterocycles. The average Bonchev–Trinajstić information content (AvgIpc) is 2.81. The van der Waals surface area contributed by atoms with Gasteiger partial charge in [0, 0.05) is 13.6 Å². The molecular formula is C15H20FNO. The first kappa shape index (κ1) is 13.1. The van der Waals surface area contributed by atoms with Crippen LogP contribution in [0.25, 0.3) is 0 Å². The van der Waals surface area contributed by atoms with Crippen molar-refractivity contribution in [2.45, 2.75) is 32.6 Å². The molecule has 0 aromatic heterocycles. The topological polar surface area (TPSA) is 20.3 Å². The second-order valence-electron chi connectivity index (χ2n) is 5.32. The Hall–Kier alpha value is -1.38. The first-order valence-corrected chi connectivity index (χ1v) is 6.59. The summed E-state index contributed by atoms with van der Waals surface area (Å²) in [5, 5.41) is 0. The van der Waals surface area contributed by atoms with Gasteiger partial charge in [0.25, 0.3) is 5.91 Å². The minimum atomic E-state index is -0.418. The van der Waals surface area contributed by atoms with Gasteiger partial charge in [-0.2, -0.15) is 0 Å². The van der Waals surface area contributed by atoms with Crippen LogP contribution in [0, 0.1) is 18.7 Å². The molecule has 2 nitrogen and oxygen atoms in total. The zero-order valence-corrected chi connectivity index (χ0v) is 11.1. The molecule has 18 heavy (non-hydrogen) atoms. The van der Waals surface area contributed by atoms with E-state index < -0.39 is 5.82 Å². The molecule has 0 heterocycles. The molecule has 1 aromatic rings. The lowest BCUT2D eigenvalue weighted by molar-refractivity contribution is 0.0768. The van der Waals surface area contributed by atoms with Crippen LogP contribution in [-0.4, -0.2) is 24.4 Å². The lowest BCUT2D eigenvalue weighted by Crippen LogP contribution is -2.31. The molecule has 0 aliphatic heterocycles. The Bertz CT molecular complexity index is 438. The normalized spacial score (nSPS) is 15.9. The van der Waals surface area contributed by atoms with E-state index in [0.29, 0.717) is 5.92 Å². The van der Waals surface area contributed by atoms with Gasteiger partial charge < -0.3 is 4.90 Å². The number of amides is 1. The van der Waals surface area contributed by atoms with Gasteiger partial charge in [-0.1, -0.05) is 18.9 Å². The molecule has 98 valence electrons. The van der Waals surface area contributed by atoms with E-state index in [1.165, 1.54) is 31.7 Å². The van der Waals surface area contributed by atoms with Gasteiger partial charge in [0.05, 0.1) is 5.56 Å². The Labute approximate surface area is 108 Å². The number of benzene rings is 1. The molecule has 1 amide bonds. The Morgan fingerprint density at radius 1 is 1.39 bits per heavy atom. The molecule has 0 bridgehead atoms. The summed E-state index contributed by atoms with van der Waals surface area (Å²) in [5.74, 6) is -0.0369. The number of hydrogen-bond acceptors (Lipinski definition) is 1. The Morgan fingerprint density at radius 2 is 2.06 bits per heavy atom. The lowest BCUT2D eigenvalue weighted by atomic mass is 10.1. The fraction of sp³-hybridized carbons (Fsp3) is 0.533. The number of aryl methyl sites for hydroxylation is 1. The molecule has 3 heteroatoms. The Balaban J connectivity index is 2.05. The van der Waals surface area contributed by atoms with Crippen LogP contribution in [0.1, 0.15) is 41.6 Å². The number of carbonyl (C=O) groups excluding carboxylic acids is 1. The molecule has 0 radical (unpaired) electrons. The van der Waals surface area contributed by atoms with Gasteiger partial charge in [-0.3, -0.25) is 4.79 Å². The Kier molecular flexibility index (Phi) is 4.00. The molecular weight excluding hydrogens is 229 g/mol. The summed E-state index contributed by atoms with van der Waals surface area (Å²) in [4.78, 5) is 13.8. The summed E-state index contributed by atoms with van der Waals surface area (Å²) in [6, 6.07) is 4.77. The van der Waals surface area contributed by atoms with Crippen molar-refractivity contribution < 1.29 is 9.18 Å². The molecule has 1 aromatic carbocycles. The van der Waals surface area contributed by atoms with Gasteiger partial charge in [-0.05, 0) is 43.4 Å². The van der Waals surface area contributed by atoms with Gasteiger partial charge in [0.2, 0.25) is 0 Å². The van der Waals surface area contributed by atoms with Gasteiger partial charge in [-0.25, -0.2) is 4.39 Å². The van der Waals surface area contributed by atoms with Gasteiger partial charge in [-0.15, -0.1) is 0 Å². The summed E-state index contributed by atoms with van der Waals surface area (Å²) in [7, 11) is 1.76.